The molecule has 33 heavy (non-hydrogen) atoms. The van der Waals surface area contributed by atoms with Crippen molar-refractivity contribution in [3.8, 4) is 0 Å². The summed E-state index contributed by atoms with van der Waals surface area (Å²) in [7, 11) is -3.73. The molecule has 0 aliphatic heterocycles. The highest BCUT2D eigenvalue weighted by Gasteiger charge is 2.23. The van der Waals surface area contributed by atoms with Crippen LogP contribution in [0.4, 0.5) is 5.69 Å². The van der Waals surface area contributed by atoms with Gasteiger partial charge in [0.25, 0.3) is 15.9 Å². The number of fused-ring (bicyclic) bond motifs is 1. The number of benzene rings is 3. The second-order valence-electron chi connectivity index (χ2n) is 7.58. The number of anilines is 1. The van der Waals surface area contributed by atoms with Gasteiger partial charge in [-0.2, -0.15) is 0 Å². The molecule has 0 unspecified atom stereocenters. The number of rotatable bonds is 8. The van der Waals surface area contributed by atoms with Crippen molar-refractivity contribution in [1.82, 2.24) is 14.9 Å². The van der Waals surface area contributed by atoms with E-state index in [1.807, 2.05) is 37.3 Å². The van der Waals surface area contributed by atoms with Crippen LogP contribution in [0.1, 0.15) is 23.1 Å². The standard InChI is InChI=1S/C25H26N4O3S/c1-3-29(21-9-5-4-6-10-21)33(31,32)22-15-13-20(14-16-22)25(30)26-17-18-28-19(2)27-23-11-7-8-12-24(23)28/h4-16H,3,17-18H2,1-2H3,(H,26,30). The molecule has 170 valence electrons. The summed E-state index contributed by atoms with van der Waals surface area (Å²) in [6, 6.07) is 22.9. The van der Waals surface area contributed by atoms with Crippen LogP contribution in [0.25, 0.3) is 11.0 Å². The number of amides is 1. The highest BCUT2D eigenvalue weighted by Crippen LogP contribution is 2.23. The number of carbonyl (C=O) groups is 1. The Kier molecular flexibility index (Phi) is 6.46. The number of carbonyl (C=O) groups excluding carboxylic acids is 1. The molecule has 1 N–H and O–H groups in total. The Bertz CT molecular complexity index is 1360. The highest BCUT2D eigenvalue weighted by atomic mass is 32.2. The van der Waals surface area contributed by atoms with E-state index in [9.17, 15) is 13.2 Å². The molecule has 0 bridgehead atoms. The fourth-order valence-electron chi connectivity index (χ4n) is 3.85. The van der Waals surface area contributed by atoms with Crippen molar-refractivity contribution in [2.45, 2.75) is 25.3 Å². The zero-order valence-electron chi connectivity index (χ0n) is 18.6. The minimum Gasteiger partial charge on any atom is -0.350 e. The molecule has 0 fully saturated rings. The number of aryl methyl sites for hydroxylation is 1. The predicted molar refractivity (Wildman–Crippen MR) is 130 cm³/mol. The lowest BCUT2D eigenvalue weighted by molar-refractivity contribution is 0.0952. The lowest BCUT2D eigenvalue weighted by Gasteiger charge is -2.23. The largest absolute Gasteiger partial charge is 0.350 e. The molecule has 3 aromatic carbocycles. The van der Waals surface area contributed by atoms with Gasteiger partial charge in [0, 0.05) is 25.2 Å². The van der Waals surface area contributed by atoms with E-state index in [1.54, 1.807) is 43.3 Å². The second kappa shape index (κ2) is 9.46. The summed E-state index contributed by atoms with van der Waals surface area (Å²) in [6.45, 7) is 5.05. The molecule has 7 nitrogen and oxygen atoms in total. The summed E-state index contributed by atoms with van der Waals surface area (Å²) in [5.74, 6) is 0.635. The molecule has 0 saturated carbocycles. The van der Waals surface area contributed by atoms with E-state index in [4.69, 9.17) is 0 Å². The van der Waals surface area contributed by atoms with Gasteiger partial charge in [-0.25, -0.2) is 13.4 Å². The van der Waals surface area contributed by atoms with E-state index in [2.05, 4.69) is 14.9 Å². The van der Waals surface area contributed by atoms with E-state index < -0.39 is 10.0 Å². The van der Waals surface area contributed by atoms with Gasteiger partial charge in [0.1, 0.15) is 5.82 Å². The van der Waals surface area contributed by atoms with Crippen LogP contribution in [0.15, 0.2) is 83.8 Å². The summed E-state index contributed by atoms with van der Waals surface area (Å²) < 4.78 is 29.6. The zero-order valence-corrected chi connectivity index (χ0v) is 19.4. The maximum Gasteiger partial charge on any atom is 0.264 e. The SMILES string of the molecule is CCN(c1ccccc1)S(=O)(=O)c1ccc(C(=O)NCCn2c(C)nc3ccccc32)cc1. The molecule has 0 radical (unpaired) electrons. The minimum atomic E-state index is -3.73. The first kappa shape index (κ1) is 22.5. The van der Waals surface area contributed by atoms with Gasteiger partial charge in [-0.3, -0.25) is 9.10 Å². The fourth-order valence-corrected chi connectivity index (χ4v) is 5.33. The van der Waals surface area contributed by atoms with Crippen molar-refractivity contribution < 1.29 is 13.2 Å². The van der Waals surface area contributed by atoms with E-state index in [-0.39, 0.29) is 10.8 Å². The quantitative estimate of drug-likeness (QED) is 0.429. The van der Waals surface area contributed by atoms with Gasteiger partial charge in [-0.1, -0.05) is 30.3 Å². The molecule has 4 aromatic rings. The Morgan fingerprint density at radius 1 is 0.970 bits per heavy atom. The number of imidazole rings is 1. The molecule has 0 aliphatic rings. The lowest BCUT2D eigenvalue weighted by atomic mass is 10.2. The number of aromatic nitrogens is 2. The molecule has 1 amide bonds. The Hall–Kier alpha value is -3.65. The molecular weight excluding hydrogens is 436 g/mol. The van der Waals surface area contributed by atoms with Crippen molar-refractivity contribution >= 4 is 32.7 Å². The monoisotopic (exact) mass is 462 g/mol. The van der Waals surface area contributed by atoms with Gasteiger partial charge in [-0.15, -0.1) is 0 Å². The van der Waals surface area contributed by atoms with Gasteiger partial charge in [0.05, 0.1) is 21.6 Å². The van der Waals surface area contributed by atoms with Crippen molar-refractivity contribution in [1.29, 1.82) is 0 Å². The first-order valence-corrected chi connectivity index (χ1v) is 12.2. The maximum absolute atomic E-state index is 13.1. The van der Waals surface area contributed by atoms with Gasteiger partial charge < -0.3 is 9.88 Å². The van der Waals surface area contributed by atoms with Crippen molar-refractivity contribution in [3.05, 3.63) is 90.3 Å². The normalized spacial score (nSPS) is 11.5. The topological polar surface area (TPSA) is 84.3 Å². The van der Waals surface area contributed by atoms with Crippen molar-refractivity contribution in [2.24, 2.45) is 0 Å². The summed E-state index contributed by atoms with van der Waals surface area (Å²) in [5.41, 5.74) is 2.96. The second-order valence-corrected chi connectivity index (χ2v) is 9.45. The van der Waals surface area contributed by atoms with Crippen molar-refractivity contribution in [2.75, 3.05) is 17.4 Å². The van der Waals surface area contributed by atoms with Gasteiger partial charge in [-0.05, 0) is 62.4 Å². The first-order valence-electron chi connectivity index (χ1n) is 10.8. The third-order valence-corrected chi connectivity index (χ3v) is 7.42. The Morgan fingerprint density at radius 2 is 1.64 bits per heavy atom. The number of sulfonamides is 1. The molecule has 0 spiro atoms. The van der Waals surface area contributed by atoms with E-state index in [0.717, 1.165) is 16.9 Å². The van der Waals surface area contributed by atoms with Crippen LogP contribution in [0.2, 0.25) is 0 Å². The molecule has 0 atom stereocenters. The molecule has 8 heteroatoms. The zero-order chi connectivity index (χ0) is 23.4. The smallest absolute Gasteiger partial charge is 0.264 e. The van der Waals surface area contributed by atoms with E-state index in [0.29, 0.717) is 30.9 Å². The van der Waals surface area contributed by atoms with Crippen LogP contribution in [0, 0.1) is 6.92 Å². The average molecular weight is 463 g/mol. The van der Waals surface area contributed by atoms with Crippen LogP contribution >= 0.6 is 0 Å². The summed E-state index contributed by atoms with van der Waals surface area (Å²) in [4.78, 5) is 17.3. The summed E-state index contributed by atoms with van der Waals surface area (Å²) in [6.07, 6.45) is 0. The number of hydrogen-bond donors (Lipinski definition) is 1. The fraction of sp³-hybridized carbons (Fsp3) is 0.200. The van der Waals surface area contributed by atoms with Crippen LogP contribution in [0.5, 0.6) is 0 Å². The molecule has 1 aromatic heterocycles. The number of para-hydroxylation sites is 3. The third kappa shape index (κ3) is 4.61. The van der Waals surface area contributed by atoms with Crippen LogP contribution in [-0.4, -0.2) is 37.0 Å². The Labute approximate surface area is 193 Å². The van der Waals surface area contributed by atoms with Crippen LogP contribution < -0.4 is 9.62 Å². The Balaban J connectivity index is 1.43. The average Bonchev–Trinajstić information content (AvgIpc) is 3.15. The minimum absolute atomic E-state index is 0.144. The number of nitrogens with zero attached hydrogens (tertiary/aromatic N) is 3. The molecule has 4 rings (SSSR count). The van der Waals surface area contributed by atoms with Gasteiger partial charge >= 0.3 is 0 Å². The van der Waals surface area contributed by atoms with Crippen LogP contribution in [-0.2, 0) is 16.6 Å². The maximum atomic E-state index is 13.1. The Morgan fingerprint density at radius 3 is 2.33 bits per heavy atom. The summed E-state index contributed by atoms with van der Waals surface area (Å²) >= 11 is 0. The summed E-state index contributed by atoms with van der Waals surface area (Å²) in [5, 5.41) is 2.90. The van der Waals surface area contributed by atoms with E-state index in [1.165, 1.54) is 16.4 Å². The molecule has 1 heterocycles. The van der Waals surface area contributed by atoms with Crippen LogP contribution in [0.3, 0.4) is 0 Å². The highest BCUT2D eigenvalue weighted by molar-refractivity contribution is 7.92. The number of hydrogen-bond acceptors (Lipinski definition) is 4. The molecule has 0 aliphatic carbocycles. The molecule has 0 saturated heterocycles. The first-order chi connectivity index (χ1) is 15.9. The molecular formula is C25H26N4O3S. The third-order valence-electron chi connectivity index (χ3n) is 5.50. The lowest BCUT2D eigenvalue weighted by Crippen LogP contribution is -2.31. The van der Waals surface area contributed by atoms with Gasteiger partial charge in [0.15, 0.2) is 0 Å². The predicted octanol–water partition coefficient (Wildman–Crippen LogP) is 3.99. The van der Waals surface area contributed by atoms with Gasteiger partial charge in [0.2, 0.25) is 0 Å². The number of nitrogens with one attached hydrogen (secondary N) is 1. The van der Waals surface area contributed by atoms with E-state index >= 15 is 0 Å². The van der Waals surface area contributed by atoms with Crippen molar-refractivity contribution in [3.63, 3.8) is 0 Å².